The van der Waals surface area contributed by atoms with E-state index in [1.54, 1.807) is 11.9 Å². The van der Waals surface area contributed by atoms with Crippen molar-refractivity contribution < 1.29 is 14.4 Å². The number of fused-ring (bicyclic) bond motifs is 1. The molecule has 128 valence electrons. The second kappa shape index (κ2) is 7.13. The summed E-state index contributed by atoms with van der Waals surface area (Å²) in [7, 11) is 1.55. The first-order valence-corrected chi connectivity index (χ1v) is 8.48. The van der Waals surface area contributed by atoms with Gasteiger partial charge in [-0.05, 0) is 43.0 Å². The van der Waals surface area contributed by atoms with Crippen molar-refractivity contribution in [1.29, 1.82) is 0 Å². The van der Waals surface area contributed by atoms with Crippen LogP contribution in [0, 0.1) is 0 Å². The van der Waals surface area contributed by atoms with Crippen molar-refractivity contribution in [3.63, 3.8) is 0 Å². The molecule has 6 nitrogen and oxygen atoms in total. The zero-order chi connectivity index (χ0) is 17.1. The van der Waals surface area contributed by atoms with E-state index in [2.05, 4.69) is 16.7 Å². The summed E-state index contributed by atoms with van der Waals surface area (Å²) >= 11 is 0. The fraction of sp³-hybridized carbons (Fsp3) is 0.500. The zero-order valence-electron chi connectivity index (χ0n) is 13.9. The fourth-order valence-corrected chi connectivity index (χ4v) is 3.62. The molecule has 2 aliphatic heterocycles. The molecule has 0 bridgehead atoms. The Kier molecular flexibility index (Phi) is 4.94. The molecule has 1 fully saturated rings. The molecule has 2 aliphatic rings. The van der Waals surface area contributed by atoms with Crippen molar-refractivity contribution in [2.24, 2.45) is 0 Å². The van der Waals surface area contributed by atoms with Gasteiger partial charge in [0.05, 0.1) is 0 Å². The van der Waals surface area contributed by atoms with Crippen LogP contribution in [0.3, 0.4) is 0 Å². The number of carbonyl (C=O) groups is 3. The lowest BCUT2D eigenvalue weighted by Gasteiger charge is -2.25. The average Bonchev–Trinajstić information content (AvgIpc) is 3.24. The van der Waals surface area contributed by atoms with Crippen LogP contribution in [-0.4, -0.2) is 42.6 Å². The normalized spacial score (nSPS) is 20.8. The third-order valence-corrected chi connectivity index (χ3v) is 4.91. The Bertz CT molecular complexity index is 653. The molecule has 1 aromatic rings. The Balaban J connectivity index is 1.82. The van der Waals surface area contributed by atoms with Crippen LogP contribution in [0.2, 0.25) is 0 Å². The Labute approximate surface area is 141 Å². The summed E-state index contributed by atoms with van der Waals surface area (Å²) in [6.45, 7) is 1.45. The molecule has 1 aromatic carbocycles. The minimum absolute atomic E-state index is 0.129. The van der Waals surface area contributed by atoms with Crippen molar-refractivity contribution in [3.05, 3.63) is 34.9 Å². The highest BCUT2D eigenvalue weighted by molar-refractivity contribution is 6.01. The van der Waals surface area contributed by atoms with Crippen molar-refractivity contribution in [3.8, 4) is 0 Å². The van der Waals surface area contributed by atoms with Gasteiger partial charge in [0.15, 0.2) is 0 Å². The lowest BCUT2D eigenvalue weighted by Crippen LogP contribution is -2.46. The number of benzene rings is 1. The standard InChI is InChI=1S/C18H23N3O3/c1-19-17(23)16(5-3-9-22)21-11-13-10-12(15-4-2-8-20-15)6-7-14(13)18(21)24/h6-7,9-10,15-16,20H,2-5,8,11H2,1H3,(H,19,23). The van der Waals surface area contributed by atoms with Gasteiger partial charge < -0.3 is 20.3 Å². The zero-order valence-corrected chi connectivity index (χ0v) is 13.9. The number of hydrogen-bond acceptors (Lipinski definition) is 4. The number of nitrogens with one attached hydrogen (secondary N) is 2. The summed E-state index contributed by atoms with van der Waals surface area (Å²) in [4.78, 5) is 37.1. The molecule has 0 aromatic heterocycles. The van der Waals surface area contributed by atoms with Gasteiger partial charge in [-0.1, -0.05) is 12.1 Å². The molecule has 2 amide bonds. The summed E-state index contributed by atoms with van der Waals surface area (Å²) in [6, 6.07) is 5.70. The van der Waals surface area contributed by atoms with Gasteiger partial charge in [0.2, 0.25) is 5.91 Å². The number of carbonyl (C=O) groups excluding carboxylic acids is 3. The summed E-state index contributed by atoms with van der Waals surface area (Å²) in [5, 5.41) is 6.06. The molecule has 24 heavy (non-hydrogen) atoms. The summed E-state index contributed by atoms with van der Waals surface area (Å²) in [6.07, 6.45) is 3.66. The van der Waals surface area contributed by atoms with Gasteiger partial charge in [-0.2, -0.15) is 0 Å². The van der Waals surface area contributed by atoms with E-state index in [1.807, 2.05) is 12.1 Å². The predicted molar refractivity (Wildman–Crippen MR) is 89.4 cm³/mol. The molecular formula is C18H23N3O3. The molecule has 2 heterocycles. The highest BCUT2D eigenvalue weighted by Gasteiger charge is 2.36. The first-order chi connectivity index (χ1) is 11.7. The third kappa shape index (κ3) is 3.06. The molecule has 0 aliphatic carbocycles. The molecule has 6 heteroatoms. The van der Waals surface area contributed by atoms with Crippen molar-refractivity contribution in [2.45, 2.75) is 44.3 Å². The van der Waals surface area contributed by atoms with E-state index in [9.17, 15) is 14.4 Å². The van der Waals surface area contributed by atoms with Gasteiger partial charge in [-0.25, -0.2) is 0 Å². The molecule has 0 spiro atoms. The SMILES string of the molecule is CNC(=O)C(CCC=O)N1Cc2cc(C3CCCN3)ccc2C1=O. The van der Waals surface area contributed by atoms with E-state index < -0.39 is 6.04 Å². The highest BCUT2D eigenvalue weighted by atomic mass is 16.2. The minimum Gasteiger partial charge on any atom is -0.357 e. The molecule has 0 saturated carbocycles. The van der Waals surface area contributed by atoms with Gasteiger partial charge in [0.25, 0.3) is 5.91 Å². The van der Waals surface area contributed by atoms with Gasteiger partial charge in [-0.3, -0.25) is 9.59 Å². The highest BCUT2D eigenvalue weighted by Crippen LogP contribution is 2.31. The predicted octanol–water partition coefficient (Wildman–Crippen LogP) is 1.16. The molecule has 3 rings (SSSR count). The van der Waals surface area contributed by atoms with E-state index >= 15 is 0 Å². The first kappa shape index (κ1) is 16.6. The quantitative estimate of drug-likeness (QED) is 0.768. The fourth-order valence-electron chi connectivity index (χ4n) is 3.62. The first-order valence-electron chi connectivity index (χ1n) is 8.48. The molecule has 0 radical (unpaired) electrons. The molecule has 2 N–H and O–H groups in total. The second-order valence-corrected chi connectivity index (χ2v) is 6.37. The number of rotatable bonds is 6. The topological polar surface area (TPSA) is 78.5 Å². The monoisotopic (exact) mass is 329 g/mol. The van der Waals surface area contributed by atoms with E-state index in [0.29, 0.717) is 24.6 Å². The number of aldehydes is 1. The maximum atomic E-state index is 12.7. The lowest BCUT2D eigenvalue weighted by atomic mass is 10.00. The lowest BCUT2D eigenvalue weighted by molar-refractivity contribution is -0.125. The Morgan fingerprint density at radius 1 is 1.50 bits per heavy atom. The maximum absolute atomic E-state index is 12.7. The van der Waals surface area contributed by atoms with Crippen LogP contribution in [0.5, 0.6) is 0 Å². The van der Waals surface area contributed by atoms with Crippen molar-refractivity contribution in [1.82, 2.24) is 15.5 Å². The number of likely N-dealkylation sites (N-methyl/N-ethyl adjacent to an activating group) is 1. The molecule has 2 atom stereocenters. The van der Waals surface area contributed by atoms with Crippen LogP contribution >= 0.6 is 0 Å². The molecular weight excluding hydrogens is 306 g/mol. The van der Waals surface area contributed by atoms with Crippen LogP contribution in [0.4, 0.5) is 0 Å². The Morgan fingerprint density at radius 3 is 3.00 bits per heavy atom. The molecule has 1 saturated heterocycles. The summed E-state index contributed by atoms with van der Waals surface area (Å²) in [5.74, 6) is -0.355. The average molecular weight is 329 g/mol. The Hall–Kier alpha value is -2.21. The van der Waals surface area contributed by atoms with Crippen molar-refractivity contribution >= 4 is 18.1 Å². The van der Waals surface area contributed by atoms with E-state index in [1.165, 1.54) is 5.56 Å². The van der Waals surface area contributed by atoms with Gasteiger partial charge >= 0.3 is 0 Å². The van der Waals surface area contributed by atoms with Gasteiger partial charge in [0, 0.05) is 31.6 Å². The van der Waals surface area contributed by atoms with Crippen LogP contribution < -0.4 is 10.6 Å². The third-order valence-electron chi connectivity index (χ3n) is 4.91. The van der Waals surface area contributed by atoms with Crippen molar-refractivity contribution in [2.75, 3.05) is 13.6 Å². The number of hydrogen-bond donors (Lipinski definition) is 2. The van der Waals surface area contributed by atoms with E-state index in [4.69, 9.17) is 0 Å². The van der Waals surface area contributed by atoms with E-state index in [-0.39, 0.29) is 18.2 Å². The largest absolute Gasteiger partial charge is 0.357 e. The van der Waals surface area contributed by atoms with E-state index in [0.717, 1.165) is 31.2 Å². The Morgan fingerprint density at radius 2 is 2.33 bits per heavy atom. The number of nitrogens with zero attached hydrogens (tertiary/aromatic N) is 1. The summed E-state index contributed by atoms with van der Waals surface area (Å²) in [5.41, 5.74) is 2.83. The smallest absolute Gasteiger partial charge is 0.255 e. The van der Waals surface area contributed by atoms with Gasteiger partial charge in [-0.15, -0.1) is 0 Å². The minimum atomic E-state index is -0.604. The van der Waals surface area contributed by atoms with Crippen LogP contribution in [0.15, 0.2) is 18.2 Å². The van der Waals surface area contributed by atoms with Crippen LogP contribution in [-0.2, 0) is 16.1 Å². The maximum Gasteiger partial charge on any atom is 0.255 e. The molecule has 2 unspecified atom stereocenters. The van der Waals surface area contributed by atoms with Crippen LogP contribution in [0.25, 0.3) is 0 Å². The second-order valence-electron chi connectivity index (χ2n) is 6.37. The van der Waals surface area contributed by atoms with Crippen LogP contribution in [0.1, 0.15) is 53.2 Å². The summed E-state index contributed by atoms with van der Waals surface area (Å²) < 4.78 is 0. The number of amides is 2. The van der Waals surface area contributed by atoms with Gasteiger partial charge in [0.1, 0.15) is 12.3 Å².